The Morgan fingerprint density at radius 3 is 2.58 bits per heavy atom. The first-order chi connectivity index (χ1) is 14.8. The molecule has 0 N–H and O–H groups in total. The average molecular weight is 456 g/mol. The fraction of sp³-hybridized carbons (Fsp3) is 0.227. The molecule has 1 aliphatic heterocycles. The molecule has 158 valence electrons. The molecule has 1 aromatic carbocycles. The van der Waals surface area contributed by atoms with Gasteiger partial charge in [0.05, 0.1) is 22.1 Å². The number of nitrogens with zero attached hydrogens (tertiary/aromatic N) is 5. The lowest BCUT2D eigenvalue weighted by molar-refractivity contribution is 0.0687. The molecular weight excluding hydrogens is 437 g/mol. The third kappa shape index (κ3) is 3.25. The van der Waals surface area contributed by atoms with E-state index in [1.54, 1.807) is 38.7 Å². The van der Waals surface area contributed by atoms with Gasteiger partial charge < -0.3 is 18.6 Å². The molecule has 7 nitrogen and oxygen atoms in total. The number of pyridine rings is 1. The first kappa shape index (κ1) is 19.9. The Morgan fingerprint density at radius 2 is 1.84 bits per heavy atom. The number of benzene rings is 1. The molecule has 9 heteroatoms. The van der Waals surface area contributed by atoms with Crippen molar-refractivity contribution < 1.29 is 4.79 Å². The van der Waals surface area contributed by atoms with Crippen molar-refractivity contribution in [2.75, 3.05) is 6.54 Å². The summed E-state index contributed by atoms with van der Waals surface area (Å²) in [6.07, 6.45) is 5.38. The Balaban J connectivity index is 1.48. The van der Waals surface area contributed by atoms with Crippen LogP contribution in [-0.2, 0) is 20.1 Å². The monoisotopic (exact) mass is 455 g/mol. The maximum absolute atomic E-state index is 13.2. The minimum atomic E-state index is -0.200. The number of halogens is 2. The molecule has 1 aliphatic rings. The largest absolute Gasteiger partial charge is 0.350 e. The van der Waals surface area contributed by atoms with Crippen molar-refractivity contribution in [2.45, 2.75) is 20.0 Å². The third-order valence-electron chi connectivity index (χ3n) is 5.72. The number of rotatable bonds is 3. The van der Waals surface area contributed by atoms with Gasteiger partial charge in [0.15, 0.2) is 0 Å². The molecule has 4 aromatic rings. The van der Waals surface area contributed by atoms with Crippen molar-refractivity contribution in [2.24, 2.45) is 7.05 Å². The van der Waals surface area contributed by atoms with Crippen LogP contribution in [0, 0.1) is 6.92 Å². The number of imidazole rings is 1. The molecule has 4 heterocycles. The highest BCUT2D eigenvalue weighted by Gasteiger charge is 2.27. The van der Waals surface area contributed by atoms with Gasteiger partial charge in [-0.1, -0.05) is 23.2 Å². The normalized spacial score (nSPS) is 13.8. The van der Waals surface area contributed by atoms with Gasteiger partial charge in [-0.05, 0) is 36.8 Å². The van der Waals surface area contributed by atoms with Crippen LogP contribution in [0.4, 0.5) is 0 Å². The molecule has 0 unspecified atom stereocenters. The summed E-state index contributed by atoms with van der Waals surface area (Å²) in [4.78, 5) is 32.1. The van der Waals surface area contributed by atoms with E-state index in [4.69, 9.17) is 23.2 Å². The lowest BCUT2D eigenvalue weighted by Gasteiger charge is -2.29. The summed E-state index contributed by atoms with van der Waals surface area (Å²) >= 11 is 12.4. The summed E-state index contributed by atoms with van der Waals surface area (Å²) < 4.78 is 5.20. The van der Waals surface area contributed by atoms with Gasteiger partial charge in [0.25, 0.3) is 11.5 Å². The van der Waals surface area contributed by atoms with Crippen LogP contribution in [0.5, 0.6) is 0 Å². The molecule has 0 saturated heterocycles. The maximum atomic E-state index is 13.2. The van der Waals surface area contributed by atoms with E-state index in [0.717, 1.165) is 22.2 Å². The number of fused-ring (bicyclic) bond motifs is 2. The Labute approximate surface area is 188 Å². The molecule has 31 heavy (non-hydrogen) atoms. The van der Waals surface area contributed by atoms with Gasteiger partial charge in [-0.3, -0.25) is 9.59 Å². The van der Waals surface area contributed by atoms with Gasteiger partial charge in [-0.25, -0.2) is 4.98 Å². The fourth-order valence-corrected chi connectivity index (χ4v) is 4.47. The van der Waals surface area contributed by atoms with E-state index in [1.807, 2.05) is 36.9 Å². The topological polar surface area (TPSA) is 65.1 Å². The van der Waals surface area contributed by atoms with Crippen molar-refractivity contribution in [3.8, 4) is 5.69 Å². The van der Waals surface area contributed by atoms with Gasteiger partial charge in [0.2, 0.25) is 0 Å². The standard InChI is InChI=1S/C22H19Cl2N5O2/c1-13-9-28(12-25-13)18-3-4-19-21(30)27(5-6-29(19)22(18)31)11-14-10-26(2)20-8-17(24)16(23)7-15(14)20/h3-4,7-10,12H,5-6,11H2,1-2H3. The van der Waals surface area contributed by atoms with E-state index in [9.17, 15) is 9.59 Å². The Bertz CT molecular complexity index is 1420. The summed E-state index contributed by atoms with van der Waals surface area (Å²) in [5, 5.41) is 1.93. The smallest absolute Gasteiger partial charge is 0.275 e. The van der Waals surface area contributed by atoms with Crippen LogP contribution in [0.15, 0.2) is 47.8 Å². The van der Waals surface area contributed by atoms with E-state index in [0.29, 0.717) is 41.1 Å². The second kappa shape index (κ2) is 7.28. The molecule has 0 fully saturated rings. The Morgan fingerprint density at radius 1 is 1.06 bits per heavy atom. The number of carbonyl (C=O) groups is 1. The molecule has 0 aliphatic carbocycles. The van der Waals surface area contributed by atoms with Crippen LogP contribution < -0.4 is 5.56 Å². The molecule has 0 saturated carbocycles. The number of hydrogen-bond donors (Lipinski definition) is 0. The van der Waals surface area contributed by atoms with Gasteiger partial charge >= 0.3 is 0 Å². The van der Waals surface area contributed by atoms with Crippen molar-refractivity contribution in [3.63, 3.8) is 0 Å². The van der Waals surface area contributed by atoms with Crippen LogP contribution in [-0.4, -0.2) is 36.0 Å². The quantitative estimate of drug-likeness (QED) is 0.471. The van der Waals surface area contributed by atoms with Crippen molar-refractivity contribution in [1.82, 2.24) is 23.6 Å². The molecule has 3 aromatic heterocycles. The molecular formula is C22H19Cl2N5O2. The summed E-state index contributed by atoms with van der Waals surface area (Å²) in [6, 6.07) is 7.05. The summed E-state index contributed by atoms with van der Waals surface area (Å²) in [5.41, 5.74) is 3.41. The first-order valence-corrected chi connectivity index (χ1v) is 10.6. The van der Waals surface area contributed by atoms with Crippen LogP contribution in [0.25, 0.3) is 16.6 Å². The minimum absolute atomic E-state index is 0.172. The van der Waals surface area contributed by atoms with Gasteiger partial charge in [-0.15, -0.1) is 0 Å². The van der Waals surface area contributed by atoms with Crippen LogP contribution >= 0.6 is 23.2 Å². The Hall–Kier alpha value is -3.03. The molecule has 0 radical (unpaired) electrons. The number of aryl methyl sites for hydroxylation is 2. The minimum Gasteiger partial charge on any atom is -0.350 e. The number of hydrogen-bond acceptors (Lipinski definition) is 3. The van der Waals surface area contributed by atoms with Gasteiger partial charge in [-0.2, -0.15) is 0 Å². The zero-order chi connectivity index (χ0) is 21.9. The number of aromatic nitrogens is 4. The summed E-state index contributed by atoms with van der Waals surface area (Å²) in [5.74, 6) is -0.172. The Kier molecular flexibility index (Phi) is 4.68. The first-order valence-electron chi connectivity index (χ1n) is 9.80. The SMILES string of the molecule is Cc1cn(-c2ccc3n(c2=O)CCN(Cc2cn(C)c4cc(Cl)c(Cl)cc24)C3=O)cn1. The molecule has 1 amide bonds. The van der Waals surface area contributed by atoms with Crippen molar-refractivity contribution >= 4 is 40.0 Å². The lowest BCUT2D eigenvalue weighted by Crippen LogP contribution is -2.44. The molecule has 0 atom stereocenters. The predicted molar refractivity (Wildman–Crippen MR) is 120 cm³/mol. The van der Waals surface area contributed by atoms with Crippen molar-refractivity contribution in [3.05, 3.63) is 80.3 Å². The molecule has 5 rings (SSSR count). The molecule has 0 bridgehead atoms. The fourth-order valence-electron chi connectivity index (χ4n) is 4.15. The zero-order valence-corrected chi connectivity index (χ0v) is 18.5. The summed E-state index contributed by atoms with van der Waals surface area (Å²) in [6.45, 7) is 3.15. The maximum Gasteiger partial charge on any atom is 0.275 e. The second-order valence-electron chi connectivity index (χ2n) is 7.76. The van der Waals surface area contributed by atoms with Gasteiger partial charge in [0.1, 0.15) is 11.4 Å². The lowest BCUT2D eigenvalue weighted by atomic mass is 10.1. The number of carbonyl (C=O) groups excluding carboxylic acids is 1. The highest BCUT2D eigenvalue weighted by molar-refractivity contribution is 6.42. The summed E-state index contributed by atoms with van der Waals surface area (Å²) in [7, 11) is 1.93. The van der Waals surface area contributed by atoms with E-state index >= 15 is 0 Å². The van der Waals surface area contributed by atoms with Gasteiger partial charge in [0, 0.05) is 50.0 Å². The third-order valence-corrected chi connectivity index (χ3v) is 6.44. The number of amides is 1. The highest BCUT2D eigenvalue weighted by Crippen LogP contribution is 2.31. The van der Waals surface area contributed by atoms with Crippen LogP contribution in [0.3, 0.4) is 0 Å². The van der Waals surface area contributed by atoms with Crippen LogP contribution in [0.1, 0.15) is 21.7 Å². The van der Waals surface area contributed by atoms with E-state index in [1.165, 1.54) is 0 Å². The van der Waals surface area contributed by atoms with E-state index < -0.39 is 0 Å². The van der Waals surface area contributed by atoms with Crippen LogP contribution in [0.2, 0.25) is 10.0 Å². The second-order valence-corrected chi connectivity index (χ2v) is 8.57. The van der Waals surface area contributed by atoms with E-state index in [-0.39, 0.29) is 11.5 Å². The van der Waals surface area contributed by atoms with E-state index in [2.05, 4.69) is 4.98 Å². The predicted octanol–water partition coefficient (Wildman–Crippen LogP) is 3.80. The highest BCUT2D eigenvalue weighted by atomic mass is 35.5. The van der Waals surface area contributed by atoms with Crippen molar-refractivity contribution in [1.29, 1.82) is 0 Å². The average Bonchev–Trinajstić information content (AvgIpc) is 3.29. The zero-order valence-electron chi connectivity index (χ0n) is 17.0. The molecule has 0 spiro atoms.